The van der Waals surface area contributed by atoms with Gasteiger partial charge < -0.3 is 5.73 Å². The number of halogens is 7. The first-order chi connectivity index (χ1) is 8.42. The normalized spacial score (nSPS) is 14.0. The Morgan fingerprint density at radius 1 is 0.556 bits per heavy atom. The highest BCUT2D eigenvalue weighted by atomic mass is 19.2. The van der Waals surface area contributed by atoms with Crippen molar-refractivity contribution < 1.29 is 36.5 Å². The van der Waals surface area contributed by atoms with Gasteiger partial charge in [-0.3, -0.25) is 22.0 Å². The van der Waals surface area contributed by atoms with Crippen molar-refractivity contribution in [1.29, 1.82) is 0 Å². The van der Waals surface area contributed by atoms with Crippen molar-refractivity contribution in [3.05, 3.63) is 0 Å². The lowest BCUT2D eigenvalue weighted by molar-refractivity contribution is -0.524. The first kappa shape index (κ1) is 17.5. The number of hydrogen-bond acceptors (Lipinski definition) is 0. The molecule has 0 atom stereocenters. The molecule has 0 aliphatic carbocycles. The largest absolute Gasteiger partial charge is 0.348 e. The van der Waals surface area contributed by atoms with Crippen LogP contribution < -0.4 is 5.73 Å². The topological polar surface area (TPSA) is 27.6 Å². The molecule has 0 radical (unpaired) electrons. The molecule has 0 saturated carbocycles. The van der Waals surface area contributed by atoms with Crippen molar-refractivity contribution in [1.82, 2.24) is 0 Å². The molecule has 18 heavy (non-hydrogen) atoms. The van der Waals surface area contributed by atoms with E-state index in [1.807, 2.05) is 0 Å². The van der Waals surface area contributed by atoms with Gasteiger partial charge in [-0.05, 0) is 0 Å². The van der Waals surface area contributed by atoms with E-state index in [-0.39, 0.29) is 0 Å². The van der Waals surface area contributed by atoms with Crippen molar-refractivity contribution in [2.24, 2.45) is 10.8 Å². The van der Waals surface area contributed by atoms with Crippen molar-refractivity contribution in [3.8, 4) is 0 Å². The molecule has 8 heteroatoms. The highest BCUT2D eigenvalue weighted by Gasteiger charge is 2.66. The molecule has 0 heterocycles. The molecule has 0 rings (SSSR count). The fourth-order valence-corrected chi connectivity index (χ4v) is 1.95. The van der Waals surface area contributed by atoms with Crippen LogP contribution in [0.5, 0.6) is 0 Å². The van der Waals surface area contributed by atoms with Gasteiger partial charge in [0.2, 0.25) is 0 Å². The number of quaternary nitrogens is 1. The molecule has 1 nitrogen and oxygen atoms in total. The maximum Gasteiger partial charge on any atom is 0.163 e. The smallest absolute Gasteiger partial charge is 0.163 e. The Balaban J connectivity index is 5.91. The summed E-state index contributed by atoms with van der Waals surface area (Å²) in [6, 6.07) is 0. The van der Waals surface area contributed by atoms with E-state index in [9.17, 15) is 30.7 Å². The molecule has 0 unspecified atom stereocenters. The van der Waals surface area contributed by atoms with Gasteiger partial charge in [0.25, 0.3) is 0 Å². The van der Waals surface area contributed by atoms with Gasteiger partial charge in [-0.15, -0.1) is 0 Å². The van der Waals surface area contributed by atoms with Crippen LogP contribution in [0.3, 0.4) is 0 Å². The number of hydrogen-bond donors (Lipinski definition) is 1. The second-order valence-electron chi connectivity index (χ2n) is 4.58. The molecule has 3 N–H and O–H groups in total. The van der Waals surface area contributed by atoms with E-state index >= 15 is 0 Å². The van der Waals surface area contributed by atoms with Gasteiger partial charge in [0.1, 0.15) is 46.7 Å². The van der Waals surface area contributed by atoms with Crippen molar-refractivity contribution in [3.63, 3.8) is 0 Å². The highest BCUT2D eigenvalue weighted by Crippen LogP contribution is 2.48. The van der Waals surface area contributed by atoms with Crippen LogP contribution in [0.1, 0.15) is 0 Å². The third-order valence-electron chi connectivity index (χ3n) is 3.77. The van der Waals surface area contributed by atoms with Gasteiger partial charge >= 0.3 is 0 Å². The second kappa shape index (κ2) is 6.58. The van der Waals surface area contributed by atoms with E-state index in [1.54, 1.807) is 0 Å². The second-order valence-corrected chi connectivity index (χ2v) is 4.58. The molecule has 0 aromatic heterocycles. The van der Waals surface area contributed by atoms with Gasteiger partial charge in [0, 0.05) is 0 Å². The van der Waals surface area contributed by atoms with Gasteiger partial charge in [0.05, 0.1) is 10.8 Å². The molecule has 0 aliphatic rings. The Labute approximate surface area is 101 Å². The summed E-state index contributed by atoms with van der Waals surface area (Å²) in [5.74, 6) is 0. The average molecular weight is 284 g/mol. The van der Waals surface area contributed by atoms with E-state index in [0.717, 1.165) is 0 Å². The molecule has 0 bridgehead atoms. The van der Waals surface area contributed by atoms with E-state index in [2.05, 4.69) is 5.73 Å². The first-order valence-electron chi connectivity index (χ1n) is 5.20. The van der Waals surface area contributed by atoms with Gasteiger partial charge in [0.15, 0.2) is 5.54 Å². The Morgan fingerprint density at radius 2 is 0.889 bits per heavy atom. The third kappa shape index (κ3) is 2.19. The molecule has 0 aromatic rings. The average Bonchev–Trinajstić information content (AvgIpc) is 2.44. The van der Waals surface area contributed by atoms with Crippen LogP contribution in [0.2, 0.25) is 0 Å². The van der Waals surface area contributed by atoms with Crippen LogP contribution >= 0.6 is 0 Å². The Hall–Kier alpha value is -0.530. The molecule has 0 amide bonds. The molecule has 0 saturated heterocycles. The minimum absolute atomic E-state index is 1.65. The summed E-state index contributed by atoms with van der Waals surface area (Å²) in [5, 5.41) is 0. The molecule has 110 valence electrons. The molecule has 0 spiro atoms. The van der Waals surface area contributed by atoms with Crippen LogP contribution in [0.4, 0.5) is 30.7 Å². The standard InChI is InChI=1S/C10H16F7N/c11-1-8(2-12,3-13)9(4-14,5-15)10(18,6-16)7-17/h1-7,18H2/p+1. The van der Waals surface area contributed by atoms with Crippen LogP contribution in [0, 0.1) is 10.8 Å². The van der Waals surface area contributed by atoms with Crippen molar-refractivity contribution >= 4 is 0 Å². The fraction of sp³-hybridized carbons (Fsp3) is 1.00. The molecular weight excluding hydrogens is 267 g/mol. The van der Waals surface area contributed by atoms with Crippen LogP contribution in [-0.4, -0.2) is 52.3 Å². The lowest BCUT2D eigenvalue weighted by Gasteiger charge is -2.48. The summed E-state index contributed by atoms with van der Waals surface area (Å²) in [4.78, 5) is 0. The SMILES string of the molecule is [NH3+]C(CF)(CF)C(CF)(CF)C(CF)(CF)CF. The monoisotopic (exact) mass is 284 g/mol. The van der Waals surface area contributed by atoms with E-state index < -0.39 is 63.1 Å². The summed E-state index contributed by atoms with van der Waals surface area (Å²) < 4.78 is 90.6. The van der Waals surface area contributed by atoms with Gasteiger partial charge in [-0.2, -0.15) is 0 Å². The van der Waals surface area contributed by atoms with E-state index in [1.165, 1.54) is 0 Å². The van der Waals surface area contributed by atoms with Gasteiger partial charge in [-0.1, -0.05) is 0 Å². The lowest BCUT2D eigenvalue weighted by atomic mass is 9.57. The zero-order valence-corrected chi connectivity index (χ0v) is 9.80. The van der Waals surface area contributed by atoms with Crippen molar-refractivity contribution in [2.75, 3.05) is 46.7 Å². The van der Waals surface area contributed by atoms with Gasteiger partial charge in [-0.25, -0.2) is 8.78 Å². The van der Waals surface area contributed by atoms with Crippen LogP contribution in [-0.2, 0) is 0 Å². The van der Waals surface area contributed by atoms with E-state index in [4.69, 9.17) is 0 Å². The van der Waals surface area contributed by atoms with Crippen molar-refractivity contribution in [2.45, 2.75) is 5.54 Å². The number of alkyl halides is 7. The Kier molecular flexibility index (Phi) is 6.39. The Bertz CT molecular complexity index is 228. The predicted octanol–water partition coefficient (Wildman–Crippen LogP) is 1.73. The zero-order chi connectivity index (χ0) is 14.4. The van der Waals surface area contributed by atoms with Crippen LogP contribution in [0.15, 0.2) is 0 Å². The molecule has 0 aliphatic heterocycles. The maximum absolute atomic E-state index is 13.1. The molecule has 0 fully saturated rings. The minimum atomic E-state index is -2.82. The molecule has 0 aromatic carbocycles. The quantitative estimate of drug-likeness (QED) is 0.625. The number of rotatable bonds is 9. The van der Waals surface area contributed by atoms with E-state index in [0.29, 0.717) is 0 Å². The summed E-state index contributed by atoms with van der Waals surface area (Å²) >= 11 is 0. The minimum Gasteiger partial charge on any atom is -0.348 e. The summed E-state index contributed by atoms with van der Waals surface area (Å²) in [6.45, 7) is -12.2. The molecular formula is C10H17F7N+. The van der Waals surface area contributed by atoms with Crippen LogP contribution in [0.25, 0.3) is 0 Å². The lowest BCUT2D eigenvalue weighted by Crippen LogP contribution is -2.86. The fourth-order valence-electron chi connectivity index (χ4n) is 1.95. The third-order valence-corrected chi connectivity index (χ3v) is 3.77. The Morgan fingerprint density at radius 3 is 1.06 bits per heavy atom. The summed E-state index contributed by atoms with van der Waals surface area (Å²) in [7, 11) is 0. The first-order valence-corrected chi connectivity index (χ1v) is 5.20. The zero-order valence-electron chi connectivity index (χ0n) is 9.80. The summed E-state index contributed by atoms with van der Waals surface area (Å²) in [5.41, 5.74) is -5.15. The highest BCUT2D eigenvalue weighted by molar-refractivity contribution is 5.09. The maximum atomic E-state index is 13.1. The summed E-state index contributed by atoms with van der Waals surface area (Å²) in [6.07, 6.45) is 0. The predicted molar refractivity (Wildman–Crippen MR) is 52.3 cm³/mol.